The smallest absolute Gasteiger partial charge is 0.255 e. The predicted molar refractivity (Wildman–Crippen MR) is 149 cm³/mol. The molecule has 1 saturated carbocycles. The number of ketones is 2. The van der Waals surface area contributed by atoms with Gasteiger partial charge in [0.05, 0.1) is 24.7 Å². The minimum atomic E-state index is -0.569. The largest absolute Gasteiger partial charge is 0.489 e. The lowest BCUT2D eigenvalue weighted by Gasteiger charge is -2.36. The van der Waals surface area contributed by atoms with E-state index in [4.69, 9.17) is 4.74 Å². The van der Waals surface area contributed by atoms with Crippen LogP contribution in [-0.4, -0.2) is 59.5 Å². The average molecular weight is 560 g/mol. The minimum Gasteiger partial charge on any atom is -0.489 e. The highest BCUT2D eigenvalue weighted by molar-refractivity contribution is 6.07. The van der Waals surface area contributed by atoms with Gasteiger partial charge < -0.3 is 14.5 Å². The maximum atomic E-state index is 14.1. The molecular weight excluding hydrogens is 528 g/mol. The van der Waals surface area contributed by atoms with Crippen molar-refractivity contribution in [2.45, 2.75) is 45.0 Å². The highest BCUT2D eigenvalue weighted by atomic mass is 19.1. The molecular formula is C32H31F2N3O4. The molecule has 3 aliphatic rings. The molecule has 1 atom stereocenters. The van der Waals surface area contributed by atoms with Gasteiger partial charge in [0, 0.05) is 56.3 Å². The summed E-state index contributed by atoms with van der Waals surface area (Å²) in [7, 11) is 0. The van der Waals surface area contributed by atoms with E-state index >= 15 is 0 Å². The minimum absolute atomic E-state index is 0.0634. The van der Waals surface area contributed by atoms with Gasteiger partial charge in [-0.05, 0) is 41.8 Å². The van der Waals surface area contributed by atoms with Crippen LogP contribution < -0.4 is 9.64 Å². The van der Waals surface area contributed by atoms with E-state index in [1.807, 2.05) is 23.1 Å². The fraction of sp³-hybridized carbons (Fsp3) is 0.344. The summed E-state index contributed by atoms with van der Waals surface area (Å²) in [5.74, 6) is -0.915. The lowest BCUT2D eigenvalue weighted by Crippen LogP contribution is -2.46. The van der Waals surface area contributed by atoms with Gasteiger partial charge in [0.2, 0.25) is 0 Å². The molecule has 6 rings (SSSR count). The molecule has 0 spiro atoms. The normalized spacial score (nSPS) is 19.6. The zero-order valence-corrected chi connectivity index (χ0v) is 22.7. The number of carbonyl (C=O) groups is 3. The van der Waals surface area contributed by atoms with Crippen LogP contribution in [0.5, 0.6) is 5.75 Å². The maximum Gasteiger partial charge on any atom is 0.255 e. The zero-order chi connectivity index (χ0) is 28.5. The summed E-state index contributed by atoms with van der Waals surface area (Å²) in [4.78, 5) is 43.0. The first-order valence-electron chi connectivity index (χ1n) is 14.0. The molecule has 3 aromatic carbocycles. The molecule has 0 N–H and O–H groups in total. The third-order valence-electron chi connectivity index (χ3n) is 8.21. The van der Waals surface area contributed by atoms with Crippen molar-refractivity contribution in [2.75, 3.05) is 31.1 Å². The van der Waals surface area contributed by atoms with Crippen molar-refractivity contribution in [3.8, 4) is 5.75 Å². The molecule has 41 heavy (non-hydrogen) atoms. The van der Waals surface area contributed by atoms with Crippen LogP contribution in [0.25, 0.3) is 0 Å². The number of carbonyl (C=O) groups excluding carboxylic acids is 3. The number of nitrogens with zero attached hydrogens (tertiary/aromatic N) is 3. The van der Waals surface area contributed by atoms with Crippen molar-refractivity contribution in [1.29, 1.82) is 0 Å². The molecule has 212 valence electrons. The lowest BCUT2D eigenvalue weighted by molar-refractivity contribution is -0.133. The molecule has 0 bridgehead atoms. The first-order chi connectivity index (χ1) is 19.9. The molecule has 0 radical (unpaired) electrons. The van der Waals surface area contributed by atoms with Crippen molar-refractivity contribution in [1.82, 2.24) is 9.80 Å². The number of anilines is 1. The standard InChI is InChI=1S/C32H31F2N3O4/c33-23-8-10-28(27(34)16-23)36-14-12-35(13-15-36)18-21-4-6-22(7-5-21)20-41-31-3-1-2-25-26(31)19-37(32(25)40)29-11-9-24(38)17-30(29)39/h1-8,10,16,29H,9,11-15,17-20H2. The van der Waals surface area contributed by atoms with Gasteiger partial charge in [-0.15, -0.1) is 0 Å². The SMILES string of the molecule is O=C1CCC(N2Cc3c(OCc4ccc(CN5CCN(c6ccc(F)cc6F)CC5)cc4)cccc3C2=O)C(=O)C1. The monoisotopic (exact) mass is 559 g/mol. The van der Waals surface area contributed by atoms with E-state index in [0.29, 0.717) is 56.1 Å². The van der Waals surface area contributed by atoms with Gasteiger partial charge in [0.1, 0.15) is 29.8 Å². The van der Waals surface area contributed by atoms with Crippen molar-refractivity contribution in [3.63, 3.8) is 0 Å². The molecule has 2 heterocycles. The Morgan fingerprint density at radius 1 is 0.878 bits per heavy atom. The van der Waals surface area contributed by atoms with E-state index < -0.39 is 17.7 Å². The molecule has 9 heteroatoms. The average Bonchev–Trinajstić information content (AvgIpc) is 3.30. The Hall–Kier alpha value is -4.11. The Bertz CT molecular complexity index is 1480. The molecule has 0 aromatic heterocycles. The third-order valence-corrected chi connectivity index (χ3v) is 8.21. The van der Waals surface area contributed by atoms with Gasteiger partial charge in [0.25, 0.3) is 5.91 Å². The van der Waals surface area contributed by atoms with E-state index in [1.165, 1.54) is 12.1 Å². The number of ether oxygens (including phenoxy) is 1. The van der Waals surface area contributed by atoms with Crippen LogP contribution in [0.1, 0.15) is 46.3 Å². The van der Waals surface area contributed by atoms with Gasteiger partial charge in [-0.2, -0.15) is 0 Å². The second-order valence-electron chi connectivity index (χ2n) is 10.9. The second kappa shape index (κ2) is 11.4. The first-order valence-corrected chi connectivity index (χ1v) is 14.0. The summed E-state index contributed by atoms with van der Waals surface area (Å²) in [5.41, 5.74) is 3.91. The number of hydrogen-bond donors (Lipinski definition) is 0. The number of halogens is 2. The van der Waals surface area contributed by atoms with Crippen molar-refractivity contribution < 1.29 is 27.9 Å². The van der Waals surface area contributed by atoms with E-state index in [0.717, 1.165) is 42.4 Å². The van der Waals surface area contributed by atoms with E-state index in [2.05, 4.69) is 17.0 Å². The van der Waals surface area contributed by atoms with Gasteiger partial charge >= 0.3 is 0 Å². The van der Waals surface area contributed by atoms with Crippen LogP contribution >= 0.6 is 0 Å². The van der Waals surface area contributed by atoms with Crippen LogP contribution in [0.15, 0.2) is 60.7 Å². The fourth-order valence-corrected chi connectivity index (χ4v) is 5.95. The van der Waals surface area contributed by atoms with Gasteiger partial charge in [-0.25, -0.2) is 8.78 Å². The Morgan fingerprint density at radius 2 is 1.63 bits per heavy atom. The summed E-state index contributed by atoms with van der Waals surface area (Å²) in [6.45, 7) is 4.30. The molecule has 1 amide bonds. The molecule has 1 saturated heterocycles. The van der Waals surface area contributed by atoms with Crippen LogP contribution in [0.3, 0.4) is 0 Å². The quantitative estimate of drug-likeness (QED) is 0.397. The Labute approximate surface area is 237 Å². The molecule has 2 fully saturated rings. The topological polar surface area (TPSA) is 70.2 Å². The highest BCUT2D eigenvalue weighted by Gasteiger charge is 2.40. The predicted octanol–water partition coefficient (Wildman–Crippen LogP) is 4.51. The van der Waals surface area contributed by atoms with Crippen LogP contribution in [0.2, 0.25) is 0 Å². The molecule has 3 aromatic rings. The van der Waals surface area contributed by atoms with Crippen molar-refractivity contribution in [2.24, 2.45) is 0 Å². The molecule has 1 aliphatic carbocycles. The number of piperazine rings is 1. The fourth-order valence-electron chi connectivity index (χ4n) is 5.95. The molecule has 2 aliphatic heterocycles. The van der Waals surface area contributed by atoms with Crippen LogP contribution in [0, 0.1) is 11.6 Å². The Kier molecular flexibility index (Phi) is 7.53. The molecule has 7 nitrogen and oxygen atoms in total. The summed E-state index contributed by atoms with van der Waals surface area (Å²) in [6, 6.07) is 16.7. The van der Waals surface area contributed by atoms with Crippen molar-refractivity contribution in [3.05, 3.63) is 94.6 Å². The van der Waals surface area contributed by atoms with Crippen LogP contribution in [-0.2, 0) is 29.3 Å². The molecule has 1 unspecified atom stereocenters. The second-order valence-corrected chi connectivity index (χ2v) is 10.9. The number of fused-ring (bicyclic) bond motifs is 1. The van der Waals surface area contributed by atoms with Crippen molar-refractivity contribution >= 4 is 23.2 Å². The van der Waals surface area contributed by atoms with Gasteiger partial charge in [-0.1, -0.05) is 30.3 Å². The number of Topliss-reactive ketones (excluding diaryl/α,β-unsaturated/α-hetero) is 2. The zero-order valence-electron chi connectivity index (χ0n) is 22.7. The first kappa shape index (κ1) is 27.1. The number of rotatable bonds is 7. The Balaban J connectivity index is 1.03. The van der Waals surface area contributed by atoms with Gasteiger partial charge in [0.15, 0.2) is 5.78 Å². The highest BCUT2D eigenvalue weighted by Crippen LogP contribution is 2.34. The maximum absolute atomic E-state index is 14.1. The summed E-state index contributed by atoms with van der Waals surface area (Å²) in [6.07, 6.45) is 0.598. The summed E-state index contributed by atoms with van der Waals surface area (Å²) < 4.78 is 33.5. The summed E-state index contributed by atoms with van der Waals surface area (Å²) >= 11 is 0. The number of amides is 1. The third kappa shape index (κ3) is 5.72. The number of hydrogen-bond acceptors (Lipinski definition) is 6. The lowest BCUT2D eigenvalue weighted by atomic mass is 9.92. The van der Waals surface area contributed by atoms with Crippen LogP contribution in [0.4, 0.5) is 14.5 Å². The van der Waals surface area contributed by atoms with E-state index in [-0.39, 0.29) is 23.9 Å². The summed E-state index contributed by atoms with van der Waals surface area (Å²) in [5, 5.41) is 0. The van der Waals surface area contributed by atoms with E-state index in [1.54, 1.807) is 17.0 Å². The Morgan fingerprint density at radius 3 is 2.37 bits per heavy atom. The number of benzene rings is 3. The van der Waals surface area contributed by atoms with Gasteiger partial charge in [-0.3, -0.25) is 19.3 Å². The van der Waals surface area contributed by atoms with E-state index in [9.17, 15) is 23.2 Å².